The van der Waals surface area contributed by atoms with Gasteiger partial charge < -0.3 is 5.73 Å². The van der Waals surface area contributed by atoms with Gasteiger partial charge in [0.25, 0.3) is 0 Å². The summed E-state index contributed by atoms with van der Waals surface area (Å²) in [5, 5.41) is 6.82. The van der Waals surface area contributed by atoms with E-state index in [1.54, 1.807) is 0 Å². The number of benzene rings is 1. The summed E-state index contributed by atoms with van der Waals surface area (Å²) in [7, 11) is 0. The standard InChI is InChI=1S/C14H17F2N3/c1-3-4-8(2)13-12(14(17)19-18-13)10-6-5-9(15)7-11(10)16/h5-8H,3-4H2,1-2H3,(H3,17,18,19). The topological polar surface area (TPSA) is 54.7 Å². The summed E-state index contributed by atoms with van der Waals surface area (Å²) in [4.78, 5) is 0. The second-order valence-corrected chi connectivity index (χ2v) is 4.71. The van der Waals surface area contributed by atoms with Crippen molar-refractivity contribution in [2.75, 3.05) is 5.73 Å². The van der Waals surface area contributed by atoms with Crippen molar-refractivity contribution in [1.82, 2.24) is 10.2 Å². The van der Waals surface area contributed by atoms with E-state index < -0.39 is 11.6 Å². The van der Waals surface area contributed by atoms with Gasteiger partial charge in [-0.05, 0) is 24.5 Å². The predicted molar refractivity (Wildman–Crippen MR) is 71.7 cm³/mol. The summed E-state index contributed by atoms with van der Waals surface area (Å²) in [6.45, 7) is 4.11. The number of halogens is 2. The minimum Gasteiger partial charge on any atom is -0.382 e. The van der Waals surface area contributed by atoms with Gasteiger partial charge >= 0.3 is 0 Å². The summed E-state index contributed by atoms with van der Waals surface area (Å²) in [6.07, 6.45) is 1.95. The highest BCUT2D eigenvalue weighted by atomic mass is 19.1. The van der Waals surface area contributed by atoms with Crippen LogP contribution in [0.25, 0.3) is 11.1 Å². The van der Waals surface area contributed by atoms with Gasteiger partial charge in [-0.2, -0.15) is 5.10 Å². The Morgan fingerprint density at radius 2 is 2.11 bits per heavy atom. The zero-order valence-electron chi connectivity index (χ0n) is 11.0. The van der Waals surface area contributed by atoms with Crippen molar-refractivity contribution >= 4 is 5.82 Å². The zero-order valence-corrected chi connectivity index (χ0v) is 11.0. The number of nitrogen functional groups attached to an aromatic ring is 1. The molecule has 0 fully saturated rings. The van der Waals surface area contributed by atoms with Crippen LogP contribution in [-0.2, 0) is 0 Å². The molecule has 3 nitrogen and oxygen atoms in total. The Morgan fingerprint density at radius 1 is 1.37 bits per heavy atom. The van der Waals surface area contributed by atoms with Crippen molar-refractivity contribution in [2.24, 2.45) is 0 Å². The summed E-state index contributed by atoms with van der Waals surface area (Å²) in [5.41, 5.74) is 7.43. The first-order valence-electron chi connectivity index (χ1n) is 6.33. The Morgan fingerprint density at radius 3 is 2.74 bits per heavy atom. The second-order valence-electron chi connectivity index (χ2n) is 4.71. The molecule has 0 aliphatic carbocycles. The third-order valence-electron chi connectivity index (χ3n) is 3.24. The number of hydrogen-bond acceptors (Lipinski definition) is 2. The van der Waals surface area contributed by atoms with E-state index in [9.17, 15) is 8.78 Å². The third-order valence-corrected chi connectivity index (χ3v) is 3.24. The highest BCUT2D eigenvalue weighted by molar-refractivity contribution is 5.77. The molecule has 1 aromatic carbocycles. The van der Waals surface area contributed by atoms with Crippen molar-refractivity contribution < 1.29 is 8.78 Å². The van der Waals surface area contributed by atoms with Crippen LogP contribution >= 0.6 is 0 Å². The first-order chi connectivity index (χ1) is 9.04. The zero-order chi connectivity index (χ0) is 14.0. The van der Waals surface area contributed by atoms with Gasteiger partial charge in [-0.3, -0.25) is 5.10 Å². The van der Waals surface area contributed by atoms with Gasteiger partial charge in [0.2, 0.25) is 0 Å². The summed E-state index contributed by atoms with van der Waals surface area (Å²) in [5.74, 6) is -0.803. The van der Waals surface area contributed by atoms with Crippen LogP contribution in [0.3, 0.4) is 0 Å². The minimum absolute atomic E-state index is 0.189. The largest absolute Gasteiger partial charge is 0.382 e. The van der Waals surface area contributed by atoms with Crippen molar-refractivity contribution in [3.05, 3.63) is 35.5 Å². The van der Waals surface area contributed by atoms with Gasteiger partial charge in [0.05, 0.1) is 0 Å². The van der Waals surface area contributed by atoms with Crippen LogP contribution in [0, 0.1) is 11.6 Å². The number of hydrogen-bond donors (Lipinski definition) is 2. The fraction of sp³-hybridized carbons (Fsp3) is 0.357. The molecule has 0 radical (unpaired) electrons. The molecule has 2 aromatic rings. The van der Waals surface area contributed by atoms with Crippen LogP contribution in [0.4, 0.5) is 14.6 Å². The number of H-pyrrole nitrogens is 1. The van der Waals surface area contributed by atoms with E-state index in [0.29, 0.717) is 5.56 Å². The maximum absolute atomic E-state index is 13.9. The van der Waals surface area contributed by atoms with Crippen LogP contribution in [0.15, 0.2) is 18.2 Å². The smallest absolute Gasteiger partial charge is 0.153 e. The third kappa shape index (κ3) is 2.59. The summed E-state index contributed by atoms with van der Waals surface area (Å²) < 4.78 is 26.9. The number of nitrogens with two attached hydrogens (primary N) is 1. The molecule has 1 heterocycles. The van der Waals surface area contributed by atoms with Gasteiger partial charge in [0.1, 0.15) is 11.6 Å². The molecule has 1 unspecified atom stereocenters. The van der Waals surface area contributed by atoms with Crippen molar-refractivity contribution in [3.63, 3.8) is 0 Å². The van der Waals surface area contributed by atoms with Crippen LogP contribution < -0.4 is 5.73 Å². The number of rotatable bonds is 4. The summed E-state index contributed by atoms with van der Waals surface area (Å²) >= 11 is 0. The van der Waals surface area contributed by atoms with E-state index in [1.807, 2.05) is 6.92 Å². The lowest BCUT2D eigenvalue weighted by Gasteiger charge is -2.11. The van der Waals surface area contributed by atoms with Crippen LogP contribution in [-0.4, -0.2) is 10.2 Å². The molecule has 0 bridgehead atoms. The van der Waals surface area contributed by atoms with Crippen LogP contribution in [0.2, 0.25) is 0 Å². The number of anilines is 1. The molecule has 3 N–H and O–H groups in total. The molecule has 102 valence electrons. The van der Waals surface area contributed by atoms with Gasteiger partial charge in [-0.1, -0.05) is 20.3 Å². The molecule has 0 saturated heterocycles. The second kappa shape index (κ2) is 5.38. The fourth-order valence-corrected chi connectivity index (χ4v) is 2.28. The van der Waals surface area contributed by atoms with Crippen molar-refractivity contribution in [3.8, 4) is 11.1 Å². The predicted octanol–water partition coefficient (Wildman–Crippen LogP) is 3.84. The lowest BCUT2D eigenvalue weighted by atomic mass is 9.94. The average Bonchev–Trinajstić information content (AvgIpc) is 2.72. The maximum atomic E-state index is 13.9. The highest BCUT2D eigenvalue weighted by Crippen LogP contribution is 2.35. The lowest BCUT2D eigenvalue weighted by Crippen LogP contribution is -1.98. The molecule has 1 aromatic heterocycles. The Kier molecular flexibility index (Phi) is 3.83. The van der Waals surface area contributed by atoms with E-state index in [0.717, 1.165) is 24.6 Å². The molecule has 0 aliphatic heterocycles. The van der Waals surface area contributed by atoms with Crippen LogP contribution in [0.1, 0.15) is 38.3 Å². The molecule has 19 heavy (non-hydrogen) atoms. The Hall–Kier alpha value is -1.91. The maximum Gasteiger partial charge on any atom is 0.153 e. The average molecular weight is 265 g/mol. The van der Waals surface area contributed by atoms with Crippen LogP contribution in [0.5, 0.6) is 0 Å². The van der Waals surface area contributed by atoms with Gasteiger partial charge in [-0.25, -0.2) is 8.78 Å². The fourth-order valence-electron chi connectivity index (χ4n) is 2.28. The molecular formula is C14H17F2N3. The number of nitrogens with one attached hydrogen (secondary N) is 1. The SMILES string of the molecule is CCCC(C)c1[nH]nc(N)c1-c1ccc(F)cc1F. The molecule has 0 aliphatic rings. The van der Waals surface area contributed by atoms with Crippen molar-refractivity contribution in [2.45, 2.75) is 32.6 Å². The summed E-state index contributed by atoms with van der Waals surface area (Å²) in [6, 6.07) is 3.48. The normalized spacial score (nSPS) is 12.6. The molecule has 0 spiro atoms. The molecule has 0 saturated carbocycles. The van der Waals surface area contributed by atoms with E-state index in [1.165, 1.54) is 12.1 Å². The van der Waals surface area contributed by atoms with E-state index in [-0.39, 0.29) is 17.3 Å². The molecule has 2 rings (SSSR count). The Labute approximate surface area is 110 Å². The Bertz CT molecular complexity index is 578. The minimum atomic E-state index is -0.627. The van der Waals surface area contributed by atoms with E-state index >= 15 is 0 Å². The molecule has 0 amide bonds. The number of aromatic nitrogens is 2. The number of aromatic amines is 1. The quantitative estimate of drug-likeness (QED) is 0.882. The Balaban J connectivity index is 2.52. The first-order valence-corrected chi connectivity index (χ1v) is 6.33. The highest BCUT2D eigenvalue weighted by Gasteiger charge is 2.20. The first kappa shape index (κ1) is 13.5. The molecular weight excluding hydrogens is 248 g/mol. The monoisotopic (exact) mass is 265 g/mol. The van der Waals surface area contributed by atoms with Crippen molar-refractivity contribution in [1.29, 1.82) is 0 Å². The van der Waals surface area contributed by atoms with Gasteiger partial charge in [-0.15, -0.1) is 0 Å². The molecule has 1 atom stereocenters. The van der Waals surface area contributed by atoms with Gasteiger partial charge in [0, 0.05) is 22.9 Å². The van der Waals surface area contributed by atoms with E-state index in [2.05, 4.69) is 17.1 Å². The number of nitrogens with zero attached hydrogens (tertiary/aromatic N) is 1. The lowest BCUT2D eigenvalue weighted by molar-refractivity contribution is 0.585. The molecule has 5 heteroatoms. The van der Waals surface area contributed by atoms with E-state index in [4.69, 9.17) is 5.73 Å². The van der Waals surface area contributed by atoms with Gasteiger partial charge in [0.15, 0.2) is 5.82 Å².